The standard InChI is InChI=1S/C25H19N3O2S/c1-16-9-11-18(30-16)15-27-25(29)17-10-12-23-21(14-17)28-24(20-7-4-5-13-26-20)19-6-2-3-8-22(19)31-23/h2-14H,15H2,1H3,(H,27,29). The number of rotatable bonds is 4. The van der Waals surface area contributed by atoms with Crippen molar-refractivity contribution in [1.29, 1.82) is 0 Å². The molecule has 1 aliphatic rings. The van der Waals surface area contributed by atoms with Crippen LogP contribution in [0, 0.1) is 6.92 Å². The summed E-state index contributed by atoms with van der Waals surface area (Å²) in [6.07, 6.45) is 1.76. The van der Waals surface area contributed by atoms with Crippen LogP contribution in [0.2, 0.25) is 0 Å². The summed E-state index contributed by atoms with van der Waals surface area (Å²) in [5.41, 5.74) is 3.93. The van der Waals surface area contributed by atoms with E-state index in [0.29, 0.717) is 12.1 Å². The average molecular weight is 426 g/mol. The van der Waals surface area contributed by atoms with E-state index in [1.165, 1.54) is 0 Å². The number of amides is 1. The number of fused-ring (bicyclic) bond motifs is 2. The number of carbonyl (C=O) groups is 1. The van der Waals surface area contributed by atoms with Gasteiger partial charge < -0.3 is 9.73 Å². The number of hydrogen-bond acceptors (Lipinski definition) is 5. The first-order valence-electron chi connectivity index (χ1n) is 9.92. The van der Waals surface area contributed by atoms with Gasteiger partial charge in [-0.25, -0.2) is 4.99 Å². The van der Waals surface area contributed by atoms with Crippen LogP contribution < -0.4 is 5.32 Å². The Balaban J connectivity index is 1.50. The first kappa shape index (κ1) is 19.3. The maximum Gasteiger partial charge on any atom is 0.251 e. The lowest BCUT2D eigenvalue weighted by molar-refractivity contribution is 0.0948. The molecule has 0 unspecified atom stereocenters. The first-order chi connectivity index (χ1) is 15.2. The number of pyridine rings is 1. The zero-order valence-electron chi connectivity index (χ0n) is 16.8. The highest BCUT2D eigenvalue weighted by atomic mass is 32.2. The second-order valence-electron chi connectivity index (χ2n) is 7.15. The molecule has 0 radical (unpaired) electrons. The van der Waals surface area contributed by atoms with Gasteiger partial charge in [0.2, 0.25) is 0 Å². The SMILES string of the molecule is Cc1ccc(CNC(=O)c2ccc3c(c2)N=C(c2ccccn2)c2ccccc2S3)o1. The van der Waals surface area contributed by atoms with Crippen LogP contribution in [0.15, 0.2) is 98.2 Å². The largest absolute Gasteiger partial charge is 0.465 e. The predicted molar refractivity (Wildman–Crippen MR) is 121 cm³/mol. The summed E-state index contributed by atoms with van der Waals surface area (Å²) in [6.45, 7) is 2.22. The molecule has 0 saturated heterocycles. The lowest BCUT2D eigenvalue weighted by Crippen LogP contribution is -2.22. The van der Waals surface area contributed by atoms with E-state index in [9.17, 15) is 4.79 Å². The van der Waals surface area contributed by atoms with Crippen LogP contribution in [0.5, 0.6) is 0 Å². The molecule has 1 aliphatic heterocycles. The minimum Gasteiger partial charge on any atom is -0.465 e. The fourth-order valence-electron chi connectivity index (χ4n) is 3.43. The minimum atomic E-state index is -0.168. The van der Waals surface area contributed by atoms with Crippen LogP contribution in [0.4, 0.5) is 5.69 Å². The van der Waals surface area contributed by atoms with Gasteiger partial charge in [-0.3, -0.25) is 9.78 Å². The number of nitrogens with zero attached hydrogens (tertiary/aromatic N) is 2. The Labute approximate surface area is 184 Å². The van der Waals surface area contributed by atoms with Crippen molar-refractivity contribution in [2.75, 3.05) is 0 Å². The zero-order valence-corrected chi connectivity index (χ0v) is 17.6. The lowest BCUT2D eigenvalue weighted by Gasteiger charge is -2.07. The Hall–Kier alpha value is -3.64. The Morgan fingerprint density at radius 3 is 2.68 bits per heavy atom. The number of benzene rings is 2. The van der Waals surface area contributed by atoms with Gasteiger partial charge in [0.25, 0.3) is 5.91 Å². The molecule has 5 rings (SSSR count). The highest BCUT2D eigenvalue weighted by Gasteiger charge is 2.20. The van der Waals surface area contributed by atoms with Crippen LogP contribution in [-0.2, 0) is 6.54 Å². The molecule has 0 saturated carbocycles. The van der Waals surface area contributed by atoms with Crippen molar-refractivity contribution in [1.82, 2.24) is 10.3 Å². The molecule has 0 bridgehead atoms. The van der Waals surface area contributed by atoms with Crippen molar-refractivity contribution in [3.8, 4) is 0 Å². The van der Waals surface area contributed by atoms with Crippen LogP contribution in [0.3, 0.4) is 0 Å². The molecule has 6 heteroatoms. The van der Waals surface area contributed by atoms with Crippen molar-refractivity contribution in [2.24, 2.45) is 4.99 Å². The number of nitrogens with one attached hydrogen (secondary N) is 1. The Morgan fingerprint density at radius 2 is 1.87 bits per heavy atom. The average Bonchev–Trinajstić information content (AvgIpc) is 3.14. The van der Waals surface area contributed by atoms with Gasteiger partial charge in [-0.15, -0.1) is 0 Å². The third-order valence-corrected chi connectivity index (χ3v) is 6.08. The van der Waals surface area contributed by atoms with E-state index in [0.717, 1.165) is 44.0 Å². The topological polar surface area (TPSA) is 67.5 Å². The number of hydrogen-bond donors (Lipinski definition) is 1. The Kier molecular flexibility index (Phi) is 5.14. The van der Waals surface area contributed by atoms with E-state index < -0.39 is 0 Å². The van der Waals surface area contributed by atoms with E-state index in [4.69, 9.17) is 9.41 Å². The molecule has 4 aromatic rings. The molecule has 5 nitrogen and oxygen atoms in total. The van der Waals surface area contributed by atoms with Crippen molar-refractivity contribution in [3.63, 3.8) is 0 Å². The molecule has 0 atom stereocenters. The second kappa shape index (κ2) is 8.24. The maximum absolute atomic E-state index is 12.7. The van der Waals surface area contributed by atoms with E-state index in [-0.39, 0.29) is 5.91 Å². The van der Waals surface area contributed by atoms with Crippen molar-refractivity contribution in [2.45, 2.75) is 23.3 Å². The predicted octanol–water partition coefficient (Wildman–Crippen LogP) is 5.55. The number of carbonyl (C=O) groups excluding carboxylic acids is 1. The Morgan fingerprint density at radius 1 is 1.00 bits per heavy atom. The molecule has 2 aromatic heterocycles. The van der Waals surface area contributed by atoms with Crippen molar-refractivity contribution in [3.05, 3.63) is 107 Å². The summed E-state index contributed by atoms with van der Waals surface area (Å²) in [7, 11) is 0. The van der Waals surface area contributed by atoms with Crippen LogP contribution >= 0.6 is 11.8 Å². The van der Waals surface area contributed by atoms with Crippen LogP contribution in [0.25, 0.3) is 0 Å². The van der Waals surface area contributed by atoms with Gasteiger partial charge in [0.15, 0.2) is 0 Å². The molecular weight excluding hydrogens is 406 g/mol. The number of furan rings is 1. The molecule has 1 N–H and O–H groups in total. The normalized spacial score (nSPS) is 12.4. The smallest absolute Gasteiger partial charge is 0.251 e. The van der Waals surface area contributed by atoms with Gasteiger partial charge in [-0.05, 0) is 55.5 Å². The monoisotopic (exact) mass is 425 g/mol. The summed E-state index contributed by atoms with van der Waals surface area (Å²) in [5, 5.41) is 2.91. The van der Waals surface area contributed by atoms with Crippen molar-refractivity contribution >= 4 is 29.1 Å². The summed E-state index contributed by atoms with van der Waals surface area (Å²) in [5.74, 6) is 1.38. The Bertz CT molecular complexity index is 1300. The summed E-state index contributed by atoms with van der Waals surface area (Å²) in [6, 6.07) is 23.3. The van der Waals surface area contributed by atoms with Crippen molar-refractivity contribution < 1.29 is 9.21 Å². The highest BCUT2D eigenvalue weighted by molar-refractivity contribution is 7.99. The molecule has 2 aromatic carbocycles. The molecule has 0 aliphatic carbocycles. The fraction of sp³-hybridized carbons (Fsp3) is 0.0800. The molecule has 0 fully saturated rings. The van der Waals surface area contributed by atoms with Gasteiger partial charge in [0, 0.05) is 27.1 Å². The van der Waals surface area contributed by atoms with E-state index in [1.807, 2.05) is 67.6 Å². The van der Waals surface area contributed by atoms with Gasteiger partial charge in [0.05, 0.1) is 23.6 Å². The number of aromatic nitrogens is 1. The maximum atomic E-state index is 12.7. The number of aryl methyl sites for hydroxylation is 1. The molecule has 0 spiro atoms. The minimum absolute atomic E-state index is 0.168. The van der Waals surface area contributed by atoms with Gasteiger partial charge >= 0.3 is 0 Å². The van der Waals surface area contributed by atoms with E-state index in [1.54, 1.807) is 18.0 Å². The third-order valence-electron chi connectivity index (χ3n) is 4.94. The lowest BCUT2D eigenvalue weighted by atomic mass is 10.1. The third kappa shape index (κ3) is 4.02. The van der Waals surface area contributed by atoms with Gasteiger partial charge in [-0.2, -0.15) is 0 Å². The van der Waals surface area contributed by atoms with Crippen LogP contribution in [0.1, 0.15) is 33.1 Å². The fourth-order valence-corrected chi connectivity index (χ4v) is 4.43. The van der Waals surface area contributed by atoms with Gasteiger partial charge in [0.1, 0.15) is 11.5 Å². The molecule has 31 heavy (non-hydrogen) atoms. The molecular formula is C25H19N3O2S. The zero-order chi connectivity index (χ0) is 21.2. The van der Waals surface area contributed by atoms with Gasteiger partial charge in [-0.1, -0.05) is 36.0 Å². The second-order valence-corrected chi connectivity index (χ2v) is 8.23. The first-order valence-corrected chi connectivity index (χ1v) is 10.7. The van der Waals surface area contributed by atoms with Crippen LogP contribution in [-0.4, -0.2) is 16.6 Å². The quantitative estimate of drug-likeness (QED) is 0.410. The van der Waals surface area contributed by atoms with E-state index >= 15 is 0 Å². The molecule has 152 valence electrons. The number of aliphatic imine (C=N–C) groups is 1. The van der Waals surface area contributed by atoms with E-state index in [2.05, 4.69) is 22.4 Å². The molecule has 1 amide bonds. The summed E-state index contributed by atoms with van der Waals surface area (Å²) >= 11 is 1.65. The molecule has 3 heterocycles. The highest BCUT2D eigenvalue weighted by Crippen LogP contribution is 2.41. The summed E-state index contributed by atoms with van der Waals surface area (Å²) in [4.78, 5) is 24.3. The summed E-state index contributed by atoms with van der Waals surface area (Å²) < 4.78 is 5.53.